The summed E-state index contributed by atoms with van der Waals surface area (Å²) < 4.78 is 0. The Hall–Kier alpha value is -0.230. The smallest absolute Gasteiger partial charge is 0.00828 e. The molecule has 0 heterocycles. The van der Waals surface area contributed by atoms with Crippen molar-refractivity contribution < 1.29 is 0 Å². The average molecular weight is 171 g/mol. The second-order valence-electron chi connectivity index (χ2n) is 4.06. The van der Waals surface area contributed by atoms with Crippen molar-refractivity contribution in [3.8, 4) is 0 Å². The van der Waals surface area contributed by atoms with Gasteiger partial charge in [0.1, 0.15) is 0 Å². The third kappa shape index (κ3) is 1.37. The minimum Gasteiger partial charge on any atom is -0.0926 e. The van der Waals surface area contributed by atoms with E-state index in [0.717, 1.165) is 0 Å². The molecule has 0 spiro atoms. The Morgan fingerprint density at radius 1 is 1.45 bits per heavy atom. The second kappa shape index (κ2) is 2.67. The normalized spacial score (nSPS) is 25.2. The molecule has 0 aliphatic heterocycles. The minimum atomic E-state index is 0.314. The van der Waals surface area contributed by atoms with Crippen LogP contribution in [0.2, 0.25) is 0 Å². The van der Waals surface area contributed by atoms with Crippen LogP contribution in [0.1, 0.15) is 34.1 Å². The van der Waals surface area contributed by atoms with Gasteiger partial charge in [0.05, 0.1) is 0 Å². The summed E-state index contributed by atoms with van der Waals surface area (Å²) in [6, 6.07) is 0. The van der Waals surface area contributed by atoms with Gasteiger partial charge in [-0.25, -0.2) is 0 Å². The molecular weight excluding hydrogens is 156 g/mol. The maximum Gasteiger partial charge on any atom is 0.00828 e. The van der Waals surface area contributed by atoms with Crippen molar-refractivity contribution in [3.63, 3.8) is 0 Å². The molecule has 0 atom stereocenters. The molecule has 0 amide bonds. The predicted molar refractivity (Wildman–Crippen MR) is 50.7 cm³/mol. The van der Waals surface area contributed by atoms with E-state index in [1.807, 2.05) is 0 Å². The summed E-state index contributed by atoms with van der Waals surface area (Å²) >= 11 is 5.73. The molecule has 1 fully saturated rings. The van der Waals surface area contributed by atoms with Gasteiger partial charge in [-0.2, -0.15) is 0 Å². The second-order valence-corrected chi connectivity index (χ2v) is 4.28. The fourth-order valence-corrected chi connectivity index (χ4v) is 2.02. The van der Waals surface area contributed by atoms with Crippen LogP contribution in [-0.4, -0.2) is 0 Å². The molecule has 62 valence electrons. The van der Waals surface area contributed by atoms with Gasteiger partial charge in [-0.3, -0.25) is 0 Å². The van der Waals surface area contributed by atoms with Gasteiger partial charge in [0.25, 0.3) is 0 Å². The molecule has 1 rings (SSSR count). The standard InChI is InChI=1S/C10H15Cl/c1-7(2)8-5-10(3,4)9(8)6-11/h6H,5H2,1-4H3. The van der Waals surface area contributed by atoms with Crippen LogP contribution in [-0.2, 0) is 0 Å². The van der Waals surface area contributed by atoms with Crippen molar-refractivity contribution in [1.82, 2.24) is 0 Å². The van der Waals surface area contributed by atoms with E-state index < -0.39 is 0 Å². The van der Waals surface area contributed by atoms with Gasteiger partial charge in [-0.15, -0.1) is 0 Å². The Labute approximate surface area is 73.9 Å². The highest BCUT2D eigenvalue weighted by atomic mass is 35.5. The summed E-state index contributed by atoms with van der Waals surface area (Å²) in [5.74, 6) is 0. The Morgan fingerprint density at radius 3 is 2.18 bits per heavy atom. The molecule has 1 aliphatic carbocycles. The van der Waals surface area contributed by atoms with E-state index in [-0.39, 0.29) is 0 Å². The van der Waals surface area contributed by atoms with E-state index >= 15 is 0 Å². The minimum absolute atomic E-state index is 0.314. The molecule has 0 saturated heterocycles. The third-order valence-electron chi connectivity index (χ3n) is 2.39. The van der Waals surface area contributed by atoms with Gasteiger partial charge in [-0.1, -0.05) is 31.0 Å². The van der Waals surface area contributed by atoms with Crippen LogP contribution in [0, 0.1) is 5.41 Å². The van der Waals surface area contributed by atoms with E-state index in [0.29, 0.717) is 5.41 Å². The summed E-state index contributed by atoms with van der Waals surface area (Å²) in [5.41, 5.74) is 6.21. The zero-order valence-electron chi connectivity index (χ0n) is 7.66. The van der Waals surface area contributed by atoms with Crippen molar-refractivity contribution in [3.05, 3.63) is 22.3 Å². The first-order valence-corrected chi connectivity index (χ1v) is 4.40. The van der Waals surface area contributed by atoms with Crippen molar-refractivity contribution in [1.29, 1.82) is 0 Å². The molecule has 0 aromatic rings. The predicted octanol–water partition coefficient (Wildman–Crippen LogP) is 3.88. The first-order chi connectivity index (χ1) is 4.99. The number of hydrogen-bond acceptors (Lipinski definition) is 0. The molecule has 0 nitrogen and oxygen atoms in total. The number of rotatable bonds is 0. The maximum absolute atomic E-state index is 5.73. The first-order valence-electron chi connectivity index (χ1n) is 3.96. The van der Waals surface area contributed by atoms with Gasteiger partial charge in [0, 0.05) is 5.54 Å². The molecule has 0 unspecified atom stereocenters. The van der Waals surface area contributed by atoms with Crippen LogP contribution in [0.5, 0.6) is 0 Å². The highest BCUT2D eigenvalue weighted by Crippen LogP contribution is 2.51. The van der Waals surface area contributed by atoms with E-state index in [9.17, 15) is 0 Å². The molecule has 1 aliphatic rings. The fraction of sp³-hybridized carbons (Fsp3) is 0.600. The van der Waals surface area contributed by atoms with Gasteiger partial charge in [0.2, 0.25) is 0 Å². The number of allylic oxidation sites excluding steroid dienone is 3. The molecule has 0 aromatic heterocycles. The zero-order valence-corrected chi connectivity index (χ0v) is 8.42. The highest BCUT2D eigenvalue weighted by Gasteiger charge is 2.37. The van der Waals surface area contributed by atoms with Crippen LogP contribution in [0.25, 0.3) is 0 Å². The average Bonchev–Trinajstić information content (AvgIpc) is 1.84. The largest absolute Gasteiger partial charge is 0.0926 e. The molecule has 1 saturated carbocycles. The SMILES string of the molecule is CC(C)=C1CC(C)(C)C1=CCl. The Kier molecular flexibility index (Phi) is 2.15. The van der Waals surface area contributed by atoms with Gasteiger partial charge >= 0.3 is 0 Å². The molecular formula is C10H15Cl. The van der Waals surface area contributed by atoms with Crippen molar-refractivity contribution in [2.45, 2.75) is 34.1 Å². The van der Waals surface area contributed by atoms with E-state index in [4.69, 9.17) is 11.6 Å². The Balaban J connectivity index is 2.94. The van der Waals surface area contributed by atoms with Gasteiger partial charge < -0.3 is 0 Å². The van der Waals surface area contributed by atoms with Gasteiger partial charge in [-0.05, 0) is 36.8 Å². The van der Waals surface area contributed by atoms with Crippen LogP contribution >= 0.6 is 11.6 Å². The molecule has 0 bridgehead atoms. The summed E-state index contributed by atoms with van der Waals surface area (Å²) in [7, 11) is 0. The van der Waals surface area contributed by atoms with Crippen molar-refractivity contribution in [2.24, 2.45) is 5.41 Å². The monoisotopic (exact) mass is 170 g/mol. The van der Waals surface area contributed by atoms with Crippen LogP contribution in [0.15, 0.2) is 22.3 Å². The molecule has 1 heteroatoms. The van der Waals surface area contributed by atoms with Crippen molar-refractivity contribution >= 4 is 11.6 Å². The quantitative estimate of drug-likeness (QED) is 0.518. The zero-order chi connectivity index (χ0) is 8.65. The summed E-state index contributed by atoms with van der Waals surface area (Å²) in [4.78, 5) is 0. The lowest BCUT2D eigenvalue weighted by Gasteiger charge is -2.41. The summed E-state index contributed by atoms with van der Waals surface area (Å²) in [6.07, 6.45) is 1.17. The molecule has 11 heavy (non-hydrogen) atoms. The van der Waals surface area contributed by atoms with E-state index in [1.165, 1.54) is 23.1 Å². The molecule has 0 N–H and O–H groups in total. The number of halogens is 1. The fourth-order valence-electron chi connectivity index (χ4n) is 1.59. The molecule has 0 radical (unpaired) electrons. The molecule has 0 aromatic carbocycles. The summed E-state index contributed by atoms with van der Waals surface area (Å²) in [6.45, 7) is 8.75. The van der Waals surface area contributed by atoms with E-state index in [2.05, 4.69) is 27.7 Å². The lowest BCUT2D eigenvalue weighted by Crippen LogP contribution is -2.28. The third-order valence-corrected chi connectivity index (χ3v) is 2.60. The van der Waals surface area contributed by atoms with Crippen LogP contribution in [0.3, 0.4) is 0 Å². The van der Waals surface area contributed by atoms with E-state index in [1.54, 1.807) is 5.54 Å². The van der Waals surface area contributed by atoms with Crippen LogP contribution in [0.4, 0.5) is 0 Å². The lowest BCUT2D eigenvalue weighted by molar-refractivity contribution is 0.377. The summed E-state index contributed by atoms with van der Waals surface area (Å²) in [5, 5.41) is 0. The topological polar surface area (TPSA) is 0 Å². The maximum atomic E-state index is 5.73. The highest BCUT2D eigenvalue weighted by molar-refractivity contribution is 6.26. The van der Waals surface area contributed by atoms with Crippen LogP contribution < -0.4 is 0 Å². The van der Waals surface area contributed by atoms with Crippen molar-refractivity contribution in [2.75, 3.05) is 0 Å². The Bertz CT molecular complexity index is 227. The first kappa shape index (κ1) is 8.86. The lowest BCUT2D eigenvalue weighted by atomic mass is 9.63. The number of hydrogen-bond donors (Lipinski definition) is 0. The Morgan fingerprint density at radius 2 is 2.00 bits per heavy atom. The van der Waals surface area contributed by atoms with Gasteiger partial charge in [0.15, 0.2) is 0 Å².